The highest BCUT2D eigenvalue weighted by molar-refractivity contribution is 6.35. The Bertz CT molecular complexity index is 1020. The van der Waals surface area contributed by atoms with Gasteiger partial charge in [0, 0.05) is 35.3 Å². The fraction of sp³-hybridized carbons (Fsp3) is 0.273. The summed E-state index contributed by atoms with van der Waals surface area (Å²) < 4.78 is 5.27. The normalized spacial score (nSPS) is 12.3. The minimum atomic E-state index is -1.12. The lowest BCUT2D eigenvalue weighted by atomic mass is 10.1. The summed E-state index contributed by atoms with van der Waals surface area (Å²) in [7, 11) is 0. The molecule has 2 aromatic rings. The Morgan fingerprint density at radius 3 is 1.94 bits per heavy atom. The zero-order valence-corrected chi connectivity index (χ0v) is 19.4. The summed E-state index contributed by atoms with van der Waals surface area (Å²) >= 11 is 12.1. The second-order valence-electron chi connectivity index (χ2n) is 7.11. The first-order chi connectivity index (χ1) is 15.0. The minimum Gasteiger partial charge on any atom is -0.449 e. The quantitative estimate of drug-likeness (QED) is 0.511. The predicted molar refractivity (Wildman–Crippen MR) is 123 cm³/mol. The van der Waals surface area contributed by atoms with E-state index in [-0.39, 0.29) is 17.4 Å². The van der Waals surface area contributed by atoms with E-state index in [1.54, 1.807) is 25.1 Å². The van der Waals surface area contributed by atoms with E-state index in [4.69, 9.17) is 27.9 Å². The first-order valence-electron chi connectivity index (χ1n) is 9.63. The van der Waals surface area contributed by atoms with Crippen LogP contribution in [0.25, 0.3) is 0 Å². The lowest BCUT2D eigenvalue weighted by molar-refractivity contribution is -0.129. The SMILES string of the molecule is CC(=O)Nc1cc(NC(C)=O)cc(C(=O)OC(C)C(=O)NC(C)c2ccc(Cl)cc2Cl)c1. The maximum Gasteiger partial charge on any atom is 0.339 e. The second-order valence-corrected chi connectivity index (χ2v) is 7.95. The van der Waals surface area contributed by atoms with Gasteiger partial charge >= 0.3 is 5.97 Å². The van der Waals surface area contributed by atoms with Crippen LogP contribution in [0.15, 0.2) is 36.4 Å². The Labute approximate surface area is 195 Å². The van der Waals surface area contributed by atoms with Crippen molar-refractivity contribution in [1.29, 1.82) is 0 Å². The number of anilines is 2. The molecule has 0 aliphatic carbocycles. The van der Waals surface area contributed by atoms with Crippen LogP contribution in [-0.2, 0) is 19.1 Å². The number of ether oxygens (including phenoxy) is 1. The summed E-state index contributed by atoms with van der Waals surface area (Å²) in [5.41, 5.74) is 1.29. The zero-order valence-electron chi connectivity index (χ0n) is 17.9. The van der Waals surface area contributed by atoms with Gasteiger partial charge in [0.1, 0.15) is 0 Å². The van der Waals surface area contributed by atoms with Gasteiger partial charge in [0.05, 0.1) is 11.6 Å². The van der Waals surface area contributed by atoms with Gasteiger partial charge in [-0.25, -0.2) is 4.79 Å². The first kappa shape index (κ1) is 25.2. The van der Waals surface area contributed by atoms with Crippen molar-refractivity contribution in [2.24, 2.45) is 0 Å². The average molecular weight is 480 g/mol. The van der Waals surface area contributed by atoms with Crippen LogP contribution in [0.3, 0.4) is 0 Å². The fourth-order valence-corrected chi connectivity index (χ4v) is 3.41. The summed E-state index contributed by atoms with van der Waals surface area (Å²) in [6.45, 7) is 5.78. The summed E-state index contributed by atoms with van der Waals surface area (Å²) in [5.74, 6) is -2.04. The number of carbonyl (C=O) groups is 4. The van der Waals surface area contributed by atoms with Gasteiger partial charge in [-0.2, -0.15) is 0 Å². The molecule has 0 saturated carbocycles. The highest BCUT2D eigenvalue weighted by atomic mass is 35.5. The summed E-state index contributed by atoms with van der Waals surface area (Å²) in [6.07, 6.45) is -1.12. The number of hydrogen-bond donors (Lipinski definition) is 3. The number of nitrogens with one attached hydrogen (secondary N) is 3. The van der Waals surface area contributed by atoms with Crippen molar-refractivity contribution < 1.29 is 23.9 Å². The molecule has 8 nitrogen and oxygen atoms in total. The van der Waals surface area contributed by atoms with Gasteiger partial charge in [-0.1, -0.05) is 29.3 Å². The molecule has 170 valence electrons. The average Bonchev–Trinajstić information content (AvgIpc) is 2.66. The highest BCUT2D eigenvalue weighted by Crippen LogP contribution is 2.26. The van der Waals surface area contributed by atoms with Gasteiger partial charge in [-0.05, 0) is 49.7 Å². The fourth-order valence-electron chi connectivity index (χ4n) is 2.84. The summed E-state index contributed by atoms with van der Waals surface area (Å²) in [4.78, 5) is 47.9. The molecule has 0 spiro atoms. The third-order valence-corrected chi connectivity index (χ3v) is 4.81. The molecule has 3 N–H and O–H groups in total. The Morgan fingerprint density at radius 2 is 1.44 bits per heavy atom. The Morgan fingerprint density at radius 1 is 0.875 bits per heavy atom. The van der Waals surface area contributed by atoms with E-state index in [1.807, 2.05) is 0 Å². The van der Waals surface area contributed by atoms with E-state index in [2.05, 4.69) is 16.0 Å². The van der Waals surface area contributed by atoms with Gasteiger partial charge in [-0.3, -0.25) is 14.4 Å². The van der Waals surface area contributed by atoms with Crippen LogP contribution in [0.1, 0.15) is 49.7 Å². The molecule has 2 unspecified atom stereocenters. The second kappa shape index (κ2) is 11.0. The molecule has 0 aliphatic rings. The molecule has 32 heavy (non-hydrogen) atoms. The number of esters is 1. The lowest BCUT2D eigenvalue weighted by Gasteiger charge is -2.19. The number of carbonyl (C=O) groups excluding carboxylic acids is 4. The van der Waals surface area contributed by atoms with Gasteiger partial charge < -0.3 is 20.7 Å². The van der Waals surface area contributed by atoms with E-state index in [1.165, 1.54) is 39.0 Å². The largest absolute Gasteiger partial charge is 0.449 e. The van der Waals surface area contributed by atoms with Crippen LogP contribution in [0.4, 0.5) is 11.4 Å². The van der Waals surface area contributed by atoms with Crippen molar-refractivity contribution in [3.05, 3.63) is 57.6 Å². The number of amides is 3. The number of rotatable bonds is 7. The Balaban J connectivity index is 2.12. The van der Waals surface area contributed by atoms with Crippen molar-refractivity contribution in [2.45, 2.75) is 39.8 Å². The number of benzene rings is 2. The number of halogens is 2. The molecule has 2 rings (SSSR count). The van der Waals surface area contributed by atoms with Gasteiger partial charge in [0.25, 0.3) is 5.91 Å². The van der Waals surface area contributed by atoms with E-state index >= 15 is 0 Å². The van der Waals surface area contributed by atoms with Gasteiger partial charge in [0.15, 0.2) is 6.10 Å². The molecule has 0 fully saturated rings. The van der Waals surface area contributed by atoms with Crippen molar-refractivity contribution in [2.75, 3.05) is 10.6 Å². The highest BCUT2D eigenvalue weighted by Gasteiger charge is 2.22. The molecule has 0 aromatic heterocycles. The third-order valence-electron chi connectivity index (χ3n) is 4.25. The molecule has 0 heterocycles. The molecule has 0 aliphatic heterocycles. The smallest absolute Gasteiger partial charge is 0.339 e. The van der Waals surface area contributed by atoms with Crippen molar-refractivity contribution in [3.63, 3.8) is 0 Å². The van der Waals surface area contributed by atoms with Crippen LogP contribution in [0.5, 0.6) is 0 Å². The molecule has 3 amide bonds. The maximum absolute atomic E-state index is 12.6. The molecule has 10 heteroatoms. The van der Waals surface area contributed by atoms with E-state index < -0.39 is 24.0 Å². The van der Waals surface area contributed by atoms with E-state index in [9.17, 15) is 19.2 Å². The molecular formula is C22H23Cl2N3O5. The predicted octanol–water partition coefficient (Wildman–Crippen LogP) is 4.33. The van der Waals surface area contributed by atoms with Gasteiger partial charge in [-0.15, -0.1) is 0 Å². The molecule has 0 radical (unpaired) electrons. The van der Waals surface area contributed by atoms with Crippen LogP contribution in [-0.4, -0.2) is 29.8 Å². The molecule has 0 saturated heterocycles. The minimum absolute atomic E-state index is 0.0495. The Hall–Kier alpha value is -3.10. The third kappa shape index (κ3) is 7.25. The first-order valence-corrected chi connectivity index (χ1v) is 10.4. The monoisotopic (exact) mass is 479 g/mol. The Kier molecular flexibility index (Phi) is 8.63. The lowest BCUT2D eigenvalue weighted by Crippen LogP contribution is -2.37. The number of hydrogen-bond acceptors (Lipinski definition) is 5. The topological polar surface area (TPSA) is 114 Å². The van der Waals surface area contributed by atoms with Gasteiger partial charge in [0.2, 0.25) is 11.8 Å². The zero-order chi connectivity index (χ0) is 24.0. The van der Waals surface area contributed by atoms with Crippen molar-refractivity contribution >= 4 is 58.3 Å². The molecular weight excluding hydrogens is 457 g/mol. The molecule has 2 aromatic carbocycles. The van der Waals surface area contributed by atoms with Crippen LogP contribution < -0.4 is 16.0 Å². The van der Waals surface area contributed by atoms with Crippen molar-refractivity contribution in [1.82, 2.24) is 5.32 Å². The van der Waals surface area contributed by atoms with E-state index in [0.717, 1.165) is 0 Å². The van der Waals surface area contributed by atoms with Crippen LogP contribution >= 0.6 is 23.2 Å². The van der Waals surface area contributed by atoms with Crippen LogP contribution in [0, 0.1) is 0 Å². The van der Waals surface area contributed by atoms with E-state index in [0.29, 0.717) is 27.0 Å². The molecule has 0 bridgehead atoms. The standard InChI is InChI=1S/C22H23Cl2N3O5/c1-11(19-6-5-16(23)9-20(19)24)25-21(30)12(2)32-22(31)15-7-17(26-13(3)28)10-18(8-15)27-14(4)29/h5-12H,1-4H3,(H,25,30)(H,26,28)(H,27,29). The summed E-state index contributed by atoms with van der Waals surface area (Å²) in [5, 5.41) is 8.69. The van der Waals surface area contributed by atoms with Crippen LogP contribution in [0.2, 0.25) is 10.0 Å². The van der Waals surface area contributed by atoms with Crippen molar-refractivity contribution in [3.8, 4) is 0 Å². The maximum atomic E-state index is 12.6. The summed E-state index contributed by atoms with van der Waals surface area (Å²) in [6, 6.07) is 8.73. The molecule has 2 atom stereocenters.